The Kier molecular flexibility index (Phi) is 4.08. The first-order valence-electron chi connectivity index (χ1n) is 7.99. The second-order valence-electron chi connectivity index (χ2n) is 5.69. The normalized spacial score (nSPS) is 11.6. The average molecular weight is 383 g/mol. The largest absolute Gasteiger partial charge is 0.370 e. The van der Waals surface area contributed by atoms with E-state index in [1.54, 1.807) is 37.6 Å². The van der Waals surface area contributed by atoms with Crippen molar-refractivity contribution in [2.45, 2.75) is 9.79 Å². The van der Waals surface area contributed by atoms with E-state index >= 15 is 0 Å². The summed E-state index contributed by atoms with van der Waals surface area (Å²) < 4.78 is 41.4. The van der Waals surface area contributed by atoms with Crippen LogP contribution in [0.4, 0.5) is 10.2 Å². The molecule has 0 amide bonds. The monoisotopic (exact) mass is 383 g/mol. The highest BCUT2D eigenvalue weighted by Gasteiger charge is 2.29. The zero-order valence-corrected chi connectivity index (χ0v) is 15.0. The minimum atomic E-state index is -4.05. The first-order chi connectivity index (χ1) is 13.0. The van der Waals surface area contributed by atoms with Crippen LogP contribution in [0.2, 0.25) is 0 Å². The van der Waals surface area contributed by atoms with Crippen molar-refractivity contribution < 1.29 is 12.8 Å². The predicted octanol–water partition coefficient (Wildman–Crippen LogP) is 2.80. The number of benzene rings is 1. The van der Waals surface area contributed by atoms with Gasteiger partial charge in [0.25, 0.3) is 0 Å². The summed E-state index contributed by atoms with van der Waals surface area (Å²) in [6, 6.07) is 10.2. The summed E-state index contributed by atoms with van der Waals surface area (Å²) in [5, 5.41) is 7.17. The molecule has 0 unspecified atom stereocenters. The van der Waals surface area contributed by atoms with Gasteiger partial charge in [-0.05, 0) is 36.4 Å². The Morgan fingerprint density at radius 1 is 1.07 bits per heavy atom. The van der Waals surface area contributed by atoms with Gasteiger partial charge in [-0.2, -0.15) is 0 Å². The van der Waals surface area contributed by atoms with Crippen molar-refractivity contribution in [3.8, 4) is 11.3 Å². The van der Waals surface area contributed by atoms with Crippen LogP contribution in [0.1, 0.15) is 0 Å². The lowest BCUT2D eigenvalue weighted by molar-refractivity contribution is 0.591. The van der Waals surface area contributed by atoms with Crippen LogP contribution >= 0.6 is 0 Å². The summed E-state index contributed by atoms with van der Waals surface area (Å²) in [7, 11) is -2.48. The van der Waals surface area contributed by atoms with Crippen LogP contribution in [-0.2, 0) is 9.84 Å². The van der Waals surface area contributed by atoms with Crippen molar-refractivity contribution in [2.24, 2.45) is 0 Å². The lowest BCUT2D eigenvalue weighted by Crippen LogP contribution is -2.06. The average Bonchev–Trinajstić information content (AvgIpc) is 3.08. The standard InChI is InChI=1S/C18H14FN5O2S/c1-20-17-16(27(25,26)14-4-2-3-13(19)11-14)18-22-10-7-15(24(18)23-17)12-5-8-21-9-6-12/h2-11H,1H3,(H,20,23). The van der Waals surface area contributed by atoms with E-state index in [0.29, 0.717) is 5.69 Å². The van der Waals surface area contributed by atoms with Crippen molar-refractivity contribution in [1.29, 1.82) is 0 Å². The summed E-state index contributed by atoms with van der Waals surface area (Å²) >= 11 is 0. The number of sulfone groups is 1. The van der Waals surface area contributed by atoms with Crippen LogP contribution in [0, 0.1) is 5.82 Å². The lowest BCUT2D eigenvalue weighted by Gasteiger charge is -2.06. The molecule has 0 radical (unpaired) electrons. The molecule has 7 nitrogen and oxygen atoms in total. The van der Waals surface area contributed by atoms with Crippen LogP contribution in [0.5, 0.6) is 0 Å². The van der Waals surface area contributed by atoms with Crippen molar-refractivity contribution >= 4 is 21.3 Å². The van der Waals surface area contributed by atoms with E-state index in [4.69, 9.17) is 0 Å². The lowest BCUT2D eigenvalue weighted by atomic mass is 10.2. The molecule has 4 rings (SSSR count). The van der Waals surface area contributed by atoms with Crippen LogP contribution < -0.4 is 5.32 Å². The minimum Gasteiger partial charge on any atom is -0.370 e. The Morgan fingerprint density at radius 2 is 1.85 bits per heavy atom. The quantitative estimate of drug-likeness (QED) is 0.583. The number of aromatic nitrogens is 4. The van der Waals surface area contributed by atoms with Gasteiger partial charge in [-0.1, -0.05) is 6.07 Å². The van der Waals surface area contributed by atoms with Gasteiger partial charge < -0.3 is 5.32 Å². The van der Waals surface area contributed by atoms with E-state index < -0.39 is 15.7 Å². The molecule has 0 fully saturated rings. The zero-order chi connectivity index (χ0) is 19.0. The maximum absolute atomic E-state index is 13.6. The molecule has 9 heteroatoms. The highest BCUT2D eigenvalue weighted by atomic mass is 32.2. The summed E-state index contributed by atoms with van der Waals surface area (Å²) in [5.74, 6) is -0.503. The van der Waals surface area contributed by atoms with Crippen molar-refractivity contribution in [1.82, 2.24) is 19.6 Å². The summed E-state index contributed by atoms with van der Waals surface area (Å²) in [5.41, 5.74) is 1.61. The Bertz CT molecular complexity index is 1240. The molecule has 0 atom stereocenters. The van der Waals surface area contributed by atoms with Gasteiger partial charge in [-0.15, -0.1) is 5.10 Å². The van der Waals surface area contributed by atoms with Crippen LogP contribution in [0.25, 0.3) is 16.9 Å². The molecule has 3 aromatic heterocycles. The Hall–Kier alpha value is -3.33. The molecule has 0 bridgehead atoms. The molecule has 0 aliphatic rings. The Morgan fingerprint density at radius 3 is 2.56 bits per heavy atom. The van der Waals surface area contributed by atoms with Crippen LogP contribution in [-0.4, -0.2) is 35.0 Å². The summed E-state index contributed by atoms with van der Waals surface area (Å²) in [4.78, 5) is 7.94. The number of nitrogens with zero attached hydrogens (tertiary/aromatic N) is 4. The minimum absolute atomic E-state index is 0.105. The summed E-state index contributed by atoms with van der Waals surface area (Å²) in [6.07, 6.45) is 4.78. The number of hydrogen-bond acceptors (Lipinski definition) is 6. The number of nitrogens with one attached hydrogen (secondary N) is 1. The van der Waals surface area contributed by atoms with Crippen LogP contribution in [0.15, 0.2) is 70.8 Å². The fourth-order valence-corrected chi connectivity index (χ4v) is 4.37. The van der Waals surface area contributed by atoms with E-state index in [9.17, 15) is 12.8 Å². The number of halogens is 1. The fourth-order valence-electron chi connectivity index (χ4n) is 2.83. The molecule has 136 valence electrons. The number of rotatable bonds is 4. The molecular formula is C18H14FN5O2S. The topological polar surface area (TPSA) is 89.2 Å². The molecular weight excluding hydrogens is 369 g/mol. The Labute approximate surface area is 154 Å². The van der Waals surface area contributed by atoms with Crippen LogP contribution in [0.3, 0.4) is 0 Å². The summed E-state index contributed by atoms with van der Waals surface area (Å²) in [6.45, 7) is 0. The molecule has 1 N–H and O–H groups in total. The van der Waals surface area contributed by atoms with E-state index in [1.165, 1.54) is 28.9 Å². The van der Waals surface area contributed by atoms with E-state index in [-0.39, 0.29) is 21.3 Å². The highest BCUT2D eigenvalue weighted by Crippen LogP contribution is 2.32. The maximum Gasteiger partial charge on any atom is 0.214 e. The molecule has 0 saturated carbocycles. The molecule has 0 aliphatic carbocycles. The predicted molar refractivity (Wildman–Crippen MR) is 97.6 cm³/mol. The van der Waals surface area contributed by atoms with Gasteiger partial charge in [0.2, 0.25) is 9.84 Å². The smallest absolute Gasteiger partial charge is 0.214 e. The van der Waals surface area contributed by atoms with Gasteiger partial charge in [0.05, 0.1) is 10.6 Å². The maximum atomic E-state index is 13.6. The molecule has 3 heterocycles. The SMILES string of the molecule is CNc1nn2c(-c3ccncc3)ccnc2c1S(=O)(=O)c1cccc(F)c1. The Balaban J connectivity index is 2.02. The molecule has 0 spiro atoms. The fraction of sp³-hybridized carbons (Fsp3) is 0.0556. The van der Waals surface area contributed by atoms with Gasteiger partial charge in [0.1, 0.15) is 5.82 Å². The highest BCUT2D eigenvalue weighted by molar-refractivity contribution is 7.91. The van der Waals surface area contributed by atoms with Gasteiger partial charge in [-0.3, -0.25) is 4.98 Å². The molecule has 0 aliphatic heterocycles. The third kappa shape index (κ3) is 2.81. The zero-order valence-electron chi connectivity index (χ0n) is 14.2. The van der Waals surface area contributed by atoms with Gasteiger partial charge >= 0.3 is 0 Å². The second-order valence-corrected chi connectivity index (χ2v) is 7.58. The first-order valence-corrected chi connectivity index (χ1v) is 9.47. The second kappa shape index (κ2) is 6.44. The van der Waals surface area contributed by atoms with Crippen molar-refractivity contribution in [2.75, 3.05) is 12.4 Å². The number of anilines is 1. The van der Waals surface area contributed by atoms with Gasteiger partial charge in [-0.25, -0.2) is 22.3 Å². The number of hydrogen-bond donors (Lipinski definition) is 1. The number of fused-ring (bicyclic) bond motifs is 1. The van der Waals surface area contributed by atoms with E-state index in [0.717, 1.165) is 11.6 Å². The first kappa shape index (κ1) is 17.1. The van der Waals surface area contributed by atoms with Gasteiger partial charge in [0.15, 0.2) is 16.4 Å². The number of pyridine rings is 1. The van der Waals surface area contributed by atoms with Crippen molar-refractivity contribution in [3.63, 3.8) is 0 Å². The molecule has 1 aromatic carbocycles. The molecule has 4 aromatic rings. The van der Waals surface area contributed by atoms with E-state index in [2.05, 4.69) is 20.4 Å². The third-order valence-electron chi connectivity index (χ3n) is 4.06. The van der Waals surface area contributed by atoms with Crippen molar-refractivity contribution in [3.05, 3.63) is 66.9 Å². The van der Waals surface area contributed by atoms with Gasteiger partial charge in [0, 0.05) is 31.2 Å². The molecule has 27 heavy (non-hydrogen) atoms. The molecule has 0 saturated heterocycles. The van der Waals surface area contributed by atoms with E-state index in [1.807, 2.05) is 0 Å². The third-order valence-corrected chi connectivity index (χ3v) is 5.85.